The normalized spacial score (nSPS) is 18.9. The Balaban J connectivity index is 1.90. The third-order valence-corrected chi connectivity index (χ3v) is 7.01. The lowest BCUT2D eigenvalue weighted by Crippen LogP contribution is -2.17. The van der Waals surface area contributed by atoms with E-state index in [4.69, 9.17) is 4.74 Å². The van der Waals surface area contributed by atoms with Gasteiger partial charge in [-0.1, -0.05) is 77.6 Å². The Bertz CT molecular complexity index is 752. The van der Waals surface area contributed by atoms with E-state index in [1.54, 1.807) is 0 Å². The van der Waals surface area contributed by atoms with Gasteiger partial charge in [-0.15, -0.1) is 0 Å². The zero-order valence-electron chi connectivity index (χ0n) is 20.5. The molecule has 0 bridgehead atoms. The minimum absolute atomic E-state index is 0.0254. The minimum Gasteiger partial charge on any atom is -0.493 e. The van der Waals surface area contributed by atoms with Crippen LogP contribution >= 0.6 is 0 Å². The lowest BCUT2D eigenvalue weighted by molar-refractivity contribution is -0.140. The molecule has 0 aromatic heterocycles. The fourth-order valence-electron chi connectivity index (χ4n) is 5.17. The topological polar surface area (TPSA) is 26.3 Å². The number of rotatable bonds is 14. The van der Waals surface area contributed by atoms with Crippen LogP contribution in [-0.4, -0.2) is 12.4 Å². The second kappa shape index (κ2) is 14.0. The van der Waals surface area contributed by atoms with Gasteiger partial charge < -0.3 is 4.74 Å². The van der Waals surface area contributed by atoms with E-state index in [1.807, 2.05) is 0 Å². The number of halogens is 5. The van der Waals surface area contributed by atoms with Crippen LogP contribution < -0.4 is 4.74 Å². The molecule has 34 heavy (non-hydrogen) atoms. The Kier molecular flexibility index (Phi) is 11.8. The van der Waals surface area contributed by atoms with Crippen molar-refractivity contribution >= 4 is 5.78 Å². The van der Waals surface area contributed by atoms with Crippen LogP contribution in [0.2, 0.25) is 0 Å². The van der Waals surface area contributed by atoms with Crippen molar-refractivity contribution in [1.82, 2.24) is 0 Å². The first kappa shape index (κ1) is 28.6. The number of ketones is 1. The van der Waals surface area contributed by atoms with Crippen molar-refractivity contribution in [2.75, 3.05) is 6.61 Å². The molecule has 1 aliphatic rings. The maximum Gasteiger partial charge on any atom is 0.420 e. The molecule has 1 saturated carbocycles. The number of hydrogen-bond acceptors (Lipinski definition) is 2. The molecular weight excluding hydrogens is 451 g/mol. The van der Waals surface area contributed by atoms with Crippen LogP contribution in [0.1, 0.15) is 125 Å². The molecule has 7 heteroatoms. The molecule has 0 N–H and O–H groups in total. The monoisotopic (exact) mass is 490 g/mol. The van der Waals surface area contributed by atoms with E-state index in [-0.39, 0.29) is 13.0 Å². The summed E-state index contributed by atoms with van der Waals surface area (Å²) < 4.78 is 73.0. The van der Waals surface area contributed by atoms with Crippen LogP contribution in [0.4, 0.5) is 22.0 Å². The van der Waals surface area contributed by atoms with Gasteiger partial charge in [-0.25, -0.2) is 8.78 Å². The fraction of sp³-hybridized carbons (Fsp3) is 0.741. The van der Waals surface area contributed by atoms with E-state index < -0.39 is 40.8 Å². The molecule has 2 rings (SSSR count). The molecule has 194 valence electrons. The highest BCUT2D eigenvalue weighted by Gasteiger charge is 2.41. The van der Waals surface area contributed by atoms with Crippen LogP contribution in [0.25, 0.3) is 0 Å². The van der Waals surface area contributed by atoms with Crippen LogP contribution in [0.3, 0.4) is 0 Å². The Morgan fingerprint density at radius 3 is 2.06 bits per heavy atom. The van der Waals surface area contributed by atoms with E-state index in [9.17, 15) is 26.7 Å². The molecule has 2 nitrogen and oxygen atoms in total. The molecule has 0 radical (unpaired) electrons. The van der Waals surface area contributed by atoms with Gasteiger partial charge in [0.1, 0.15) is 11.3 Å². The molecule has 1 aromatic carbocycles. The Labute approximate surface area is 200 Å². The average Bonchev–Trinajstić information content (AvgIpc) is 2.79. The van der Waals surface area contributed by atoms with Crippen molar-refractivity contribution in [3.05, 3.63) is 28.8 Å². The zero-order chi connectivity index (χ0) is 25.1. The molecular formula is C27H39F5O2. The number of carbonyl (C=O) groups excluding carboxylic acids is 1. The lowest BCUT2D eigenvalue weighted by atomic mass is 9.78. The summed E-state index contributed by atoms with van der Waals surface area (Å²) in [6, 6.07) is 2.03. The van der Waals surface area contributed by atoms with Crippen molar-refractivity contribution in [1.29, 1.82) is 0 Å². The van der Waals surface area contributed by atoms with E-state index in [1.165, 1.54) is 58.3 Å². The number of Topliss-reactive ketones (excluding diaryl/α,β-unsaturated/α-hetero) is 1. The molecule has 0 heterocycles. The molecule has 0 atom stereocenters. The Hall–Kier alpha value is -1.66. The number of hydrogen-bond donors (Lipinski definition) is 0. The van der Waals surface area contributed by atoms with E-state index in [2.05, 4.69) is 6.92 Å². The van der Waals surface area contributed by atoms with Crippen molar-refractivity contribution in [3.63, 3.8) is 0 Å². The van der Waals surface area contributed by atoms with Crippen LogP contribution in [0.5, 0.6) is 5.75 Å². The first-order chi connectivity index (χ1) is 16.2. The zero-order valence-corrected chi connectivity index (χ0v) is 20.5. The number of carbonyl (C=O) groups is 1. The number of unbranched alkanes of at least 4 members (excludes halogenated alkanes) is 4. The molecule has 1 aromatic rings. The number of alkyl halides is 5. The van der Waals surface area contributed by atoms with Gasteiger partial charge >= 0.3 is 6.18 Å². The highest BCUT2D eigenvalue weighted by molar-refractivity contribution is 5.98. The van der Waals surface area contributed by atoms with Crippen molar-refractivity contribution in [2.45, 2.75) is 110 Å². The van der Waals surface area contributed by atoms with Crippen LogP contribution in [-0.2, 0) is 6.18 Å². The fourth-order valence-corrected chi connectivity index (χ4v) is 5.17. The van der Waals surface area contributed by atoms with Crippen LogP contribution in [0.15, 0.2) is 12.1 Å². The van der Waals surface area contributed by atoms with Crippen LogP contribution in [0, 0.1) is 11.8 Å². The van der Waals surface area contributed by atoms with Gasteiger partial charge in [0, 0.05) is 17.5 Å². The smallest absolute Gasteiger partial charge is 0.420 e. The summed E-state index contributed by atoms with van der Waals surface area (Å²) in [4.78, 5) is 12.7. The van der Waals surface area contributed by atoms with Gasteiger partial charge in [-0.05, 0) is 37.3 Å². The predicted octanol–water partition coefficient (Wildman–Crippen LogP) is 9.56. The van der Waals surface area contributed by atoms with E-state index in [0.29, 0.717) is 12.3 Å². The first-order valence-electron chi connectivity index (χ1n) is 12.9. The van der Waals surface area contributed by atoms with Crippen molar-refractivity contribution in [3.8, 4) is 5.75 Å². The second-order valence-electron chi connectivity index (χ2n) is 9.54. The summed E-state index contributed by atoms with van der Waals surface area (Å²) in [5.41, 5.74) is -3.34. The average molecular weight is 491 g/mol. The van der Waals surface area contributed by atoms with Gasteiger partial charge in [0.25, 0.3) is 6.43 Å². The Morgan fingerprint density at radius 1 is 0.941 bits per heavy atom. The Morgan fingerprint density at radius 2 is 1.53 bits per heavy atom. The summed E-state index contributed by atoms with van der Waals surface area (Å²) in [5, 5.41) is 0. The highest BCUT2D eigenvalue weighted by atomic mass is 19.4. The maximum atomic E-state index is 13.7. The molecule has 0 amide bonds. The molecule has 0 saturated heterocycles. The maximum absolute atomic E-state index is 13.7. The third kappa shape index (κ3) is 8.53. The number of ether oxygens (including phenoxy) is 1. The van der Waals surface area contributed by atoms with Gasteiger partial charge in [-0.2, -0.15) is 13.2 Å². The molecule has 0 spiro atoms. The van der Waals surface area contributed by atoms with E-state index in [0.717, 1.165) is 37.3 Å². The molecule has 0 unspecified atom stereocenters. The van der Waals surface area contributed by atoms with Gasteiger partial charge in [0.05, 0.1) is 6.61 Å². The largest absolute Gasteiger partial charge is 0.493 e. The summed E-state index contributed by atoms with van der Waals surface area (Å²) in [6.07, 6.45) is 5.16. The minimum atomic E-state index is -5.04. The predicted molar refractivity (Wildman–Crippen MR) is 125 cm³/mol. The summed E-state index contributed by atoms with van der Waals surface area (Å²) in [7, 11) is 0. The van der Waals surface area contributed by atoms with E-state index >= 15 is 0 Å². The standard InChI is InChI=1S/C27H39F5O2/c1-3-5-6-7-8-10-19-13-15-20(16-14-19)11-9-12-22(33)21-17-18-23(34-4-2)25(27(30,31)32)24(21)26(28)29/h17-20,26H,3-16H2,1-2H3. The van der Waals surface area contributed by atoms with Gasteiger partial charge in [0.2, 0.25) is 0 Å². The summed E-state index contributed by atoms with van der Waals surface area (Å²) in [5.74, 6) is -0.0453. The first-order valence-corrected chi connectivity index (χ1v) is 12.9. The van der Waals surface area contributed by atoms with Crippen molar-refractivity contribution < 1.29 is 31.5 Å². The summed E-state index contributed by atoms with van der Waals surface area (Å²) in [6.45, 7) is 3.59. The molecule has 1 aliphatic carbocycles. The lowest BCUT2D eigenvalue weighted by Gasteiger charge is -2.28. The second-order valence-corrected chi connectivity index (χ2v) is 9.54. The SMILES string of the molecule is CCCCCCCC1CCC(CCCC(=O)c2ccc(OCC)c(C(F)(F)F)c2C(F)F)CC1. The van der Waals surface area contributed by atoms with Crippen molar-refractivity contribution in [2.24, 2.45) is 11.8 Å². The number of benzene rings is 1. The molecule has 1 fully saturated rings. The molecule has 0 aliphatic heterocycles. The summed E-state index contributed by atoms with van der Waals surface area (Å²) >= 11 is 0. The third-order valence-electron chi connectivity index (χ3n) is 7.01. The quantitative estimate of drug-likeness (QED) is 0.147. The van der Waals surface area contributed by atoms with Gasteiger partial charge in [-0.3, -0.25) is 4.79 Å². The van der Waals surface area contributed by atoms with Gasteiger partial charge in [0.15, 0.2) is 5.78 Å². The highest BCUT2D eigenvalue weighted by Crippen LogP contribution is 2.44.